The number of alkyl halides is 2. The third kappa shape index (κ3) is 6.71. The van der Waals surface area contributed by atoms with Gasteiger partial charge in [-0.15, -0.1) is 0 Å². The molecule has 0 bridgehead atoms. The van der Waals surface area contributed by atoms with Crippen molar-refractivity contribution >= 4 is 5.91 Å². The number of rotatable bonds is 10. The SMILES string of the molecule is CCOc1cc(CNCc2ccc(C(=O)N(C)C(C)C)cc2)ccc1OC(F)F. The van der Waals surface area contributed by atoms with E-state index in [1.165, 1.54) is 6.07 Å². The van der Waals surface area contributed by atoms with E-state index in [0.717, 1.165) is 11.1 Å². The molecule has 0 aliphatic carbocycles. The first-order valence-corrected chi connectivity index (χ1v) is 9.59. The Kier molecular flexibility index (Phi) is 8.39. The van der Waals surface area contributed by atoms with Gasteiger partial charge in [0.25, 0.3) is 5.91 Å². The van der Waals surface area contributed by atoms with E-state index in [0.29, 0.717) is 31.0 Å². The van der Waals surface area contributed by atoms with E-state index in [1.807, 2.05) is 38.1 Å². The highest BCUT2D eigenvalue weighted by Gasteiger charge is 2.14. The molecule has 2 rings (SSSR count). The molecule has 0 fully saturated rings. The Hall–Kier alpha value is -2.67. The molecule has 0 heterocycles. The summed E-state index contributed by atoms with van der Waals surface area (Å²) in [7, 11) is 1.79. The average molecular weight is 406 g/mol. The number of carbonyl (C=O) groups is 1. The smallest absolute Gasteiger partial charge is 0.387 e. The second kappa shape index (κ2) is 10.8. The summed E-state index contributed by atoms with van der Waals surface area (Å²) in [4.78, 5) is 14.0. The van der Waals surface area contributed by atoms with Crippen LogP contribution in [-0.2, 0) is 13.1 Å². The lowest BCUT2D eigenvalue weighted by atomic mass is 10.1. The second-order valence-electron chi connectivity index (χ2n) is 6.90. The maximum atomic E-state index is 12.5. The molecular formula is C22H28F2N2O3. The fourth-order valence-corrected chi connectivity index (χ4v) is 2.68. The molecule has 158 valence electrons. The molecule has 2 aromatic carbocycles. The van der Waals surface area contributed by atoms with Crippen molar-refractivity contribution in [2.45, 2.75) is 46.5 Å². The zero-order chi connectivity index (χ0) is 21.4. The summed E-state index contributed by atoms with van der Waals surface area (Å²) < 4.78 is 34.8. The molecule has 0 unspecified atom stereocenters. The van der Waals surface area contributed by atoms with Gasteiger partial charge >= 0.3 is 6.61 Å². The predicted molar refractivity (Wildman–Crippen MR) is 108 cm³/mol. The minimum Gasteiger partial charge on any atom is -0.490 e. The quantitative estimate of drug-likeness (QED) is 0.633. The molecule has 7 heteroatoms. The molecule has 0 aliphatic rings. The van der Waals surface area contributed by atoms with Crippen LogP contribution < -0.4 is 14.8 Å². The number of nitrogens with one attached hydrogen (secondary N) is 1. The van der Waals surface area contributed by atoms with E-state index in [4.69, 9.17) is 4.74 Å². The molecule has 0 saturated heterocycles. The van der Waals surface area contributed by atoms with Crippen LogP contribution in [0.5, 0.6) is 11.5 Å². The number of hydrogen-bond acceptors (Lipinski definition) is 4. The Labute approximate surface area is 170 Å². The molecule has 29 heavy (non-hydrogen) atoms. The first-order chi connectivity index (χ1) is 13.8. The van der Waals surface area contributed by atoms with E-state index in [1.54, 1.807) is 31.0 Å². The number of amides is 1. The number of halogens is 2. The highest BCUT2D eigenvalue weighted by molar-refractivity contribution is 5.94. The van der Waals surface area contributed by atoms with Crippen LogP contribution in [0.2, 0.25) is 0 Å². The van der Waals surface area contributed by atoms with Gasteiger partial charge in [0.05, 0.1) is 6.61 Å². The maximum Gasteiger partial charge on any atom is 0.387 e. The number of carbonyl (C=O) groups excluding carboxylic acids is 1. The largest absolute Gasteiger partial charge is 0.490 e. The normalized spacial score (nSPS) is 11.0. The van der Waals surface area contributed by atoms with Crippen LogP contribution in [0.15, 0.2) is 42.5 Å². The third-order valence-electron chi connectivity index (χ3n) is 4.48. The number of hydrogen-bond donors (Lipinski definition) is 1. The van der Waals surface area contributed by atoms with Crippen molar-refractivity contribution in [1.29, 1.82) is 0 Å². The standard InChI is InChI=1S/C22H28F2N2O3/c1-5-28-20-12-17(8-11-19(20)29-22(23)24)14-25-13-16-6-9-18(10-7-16)21(27)26(4)15(2)3/h6-12,15,22,25H,5,13-14H2,1-4H3. The Morgan fingerprint density at radius 1 is 1.03 bits per heavy atom. The lowest BCUT2D eigenvalue weighted by molar-refractivity contribution is -0.0514. The Morgan fingerprint density at radius 3 is 2.24 bits per heavy atom. The van der Waals surface area contributed by atoms with Gasteiger partial charge in [0, 0.05) is 31.7 Å². The molecule has 5 nitrogen and oxygen atoms in total. The summed E-state index contributed by atoms with van der Waals surface area (Å²) >= 11 is 0. The van der Waals surface area contributed by atoms with Gasteiger partial charge in [0.1, 0.15) is 0 Å². The highest BCUT2D eigenvalue weighted by Crippen LogP contribution is 2.29. The number of benzene rings is 2. The van der Waals surface area contributed by atoms with Crippen molar-refractivity contribution in [3.63, 3.8) is 0 Å². The molecule has 0 aliphatic heterocycles. The molecule has 0 spiro atoms. The van der Waals surface area contributed by atoms with Crippen LogP contribution in [-0.4, -0.2) is 37.1 Å². The fraction of sp³-hybridized carbons (Fsp3) is 0.409. The molecule has 1 N–H and O–H groups in total. The van der Waals surface area contributed by atoms with Crippen LogP contribution in [0.1, 0.15) is 42.3 Å². The van der Waals surface area contributed by atoms with Crippen molar-refractivity contribution in [1.82, 2.24) is 10.2 Å². The molecule has 0 aromatic heterocycles. The van der Waals surface area contributed by atoms with Gasteiger partial charge in [0.15, 0.2) is 11.5 Å². The maximum absolute atomic E-state index is 12.5. The lowest BCUT2D eigenvalue weighted by Crippen LogP contribution is -2.32. The van der Waals surface area contributed by atoms with E-state index in [-0.39, 0.29) is 17.7 Å². The van der Waals surface area contributed by atoms with Crippen molar-refractivity contribution < 1.29 is 23.0 Å². The van der Waals surface area contributed by atoms with Crippen molar-refractivity contribution in [2.24, 2.45) is 0 Å². The minimum atomic E-state index is -2.90. The molecule has 0 radical (unpaired) electrons. The van der Waals surface area contributed by atoms with E-state index in [9.17, 15) is 13.6 Å². The van der Waals surface area contributed by atoms with Crippen molar-refractivity contribution in [3.8, 4) is 11.5 Å². The van der Waals surface area contributed by atoms with Crippen LogP contribution in [0, 0.1) is 0 Å². The van der Waals surface area contributed by atoms with Gasteiger partial charge in [-0.2, -0.15) is 8.78 Å². The molecule has 1 amide bonds. The molecule has 2 aromatic rings. The molecular weight excluding hydrogens is 378 g/mol. The first kappa shape index (κ1) is 22.6. The van der Waals surface area contributed by atoms with Crippen LogP contribution in [0.4, 0.5) is 8.78 Å². The molecule has 0 atom stereocenters. The van der Waals surface area contributed by atoms with Crippen molar-refractivity contribution in [3.05, 3.63) is 59.2 Å². The Morgan fingerprint density at radius 2 is 1.66 bits per heavy atom. The van der Waals surface area contributed by atoms with Gasteiger partial charge < -0.3 is 19.7 Å². The second-order valence-corrected chi connectivity index (χ2v) is 6.90. The fourth-order valence-electron chi connectivity index (χ4n) is 2.68. The van der Waals surface area contributed by atoms with E-state index < -0.39 is 6.61 Å². The van der Waals surface area contributed by atoms with Crippen LogP contribution >= 0.6 is 0 Å². The number of ether oxygens (including phenoxy) is 2. The summed E-state index contributed by atoms with van der Waals surface area (Å²) in [6.07, 6.45) is 0. The zero-order valence-electron chi connectivity index (χ0n) is 17.2. The monoisotopic (exact) mass is 406 g/mol. The summed E-state index contributed by atoms with van der Waals surface area (Å²) in [6, 6.07) is 12.5. The van der Waals surface area contributed by atoms with Crippen LogP contribution in [0.25, 0.3) is 0 Å². The average Bonchev–Trinajstić information content (AvgIpc) is 2.69. The summed E-state index contributed by atoms with van der Waals surface area (Å²) in [5.74, 6) is 0.315. The summed E-state index contributed by atoms with van der Waals surface area (Å²) in [5.41, 5.74) is 2.58. The Balaban J connectivity index is 1.94. The van der Waals surface area contributed by atoms with Crippen LogP contribution in [0.3, 0.4) is 0 Å². The van der Waals surface area contributed by atoms with Gasteiger partial charge in [-0.1, -0.05) is 18.2 Å². The third-order valence-corrected chi connectivity index (χ3v) is 4.48. The number of nitrogens with zero attached hydrogens (tertiary/aromatic N) is 1. The summed E-state index contributed by atoms with van der Waals surface area (Å²) in [6.45, 7) is 4.32. The van der Waals surface area contributed by atoms with Gasteiger partial charge in [-0.25, -0.2) is 0 Å². The lowest BCUT2D eigenvalue weighted by Gasteiger charge is -2.21. The molecule has 0 saturated carbocycles. The first-order valence-electron chi connectivity index (χ1n) is 9.59. The summed E-state index contributed by atoms with van der Waals surface area (Å²) in [5, 5.41) is 3.30. The minimum absolute atomic E-state index is 0.00549. The Bertz CT molecular complexity index is 795. The van der Waals surface area contributed by atoms with E-state index >= 15 is 0 Å². The van der Waals surface area contributed by atoms with E-state index in [2.05, 4.69) is 10.1 Å². The van der Waals surface area contributed by atoms with Gasteiger partial charge in [-0.3, -0.25) is 4.79 Å². The predicted octanol–water partition coefficient (Wildman–Crippen LogP) is 4.46. The highest BCUT2D eigenvalue weighted by atomic mass is 19.3. The van der Waals surface area contributed by atoms with Gasteiger partial charge in [0.2, 0.25) is 0 Å². The van der Waals surface area contributed by atoms with Gasteiger partial charge in [-0.05, 0) is 56.2 Å². The topological polar surface area (TPSA) is 50.8 Å². The zero-order valence-corrected chi connectivity index (χ0v) is 17.2. The van der Waals surface area contributed by atoms with Crippen molar-refractivity contribution in [2.75, 3.05) is 13.7 Å².